The topological polar surface area (TPSA) is 150 Å². The number of benzene rings is 2. The van der Waals surface area contributed by atoms with Gasteiger partial charge in [0.15, 0.2) is 11.6 Å². The number of primary amides is 1. The summed E-state index contributed by atoms with van der Waals surface area (Å²) < 4.78 is 21.0. The molecule has 0 radical (unpaired) electrons. The molecule has 0 aliphatic rings. The van der Waals surface area contributed by atoms with E-state index in [1.807, 2.05) is 12.1 Å². The van der Waals surface area contributed by atoms with E-state index in [1.54, 1.807) is 30.5 Å². The van der Waals surface area contributed by atoms with Crippen molar-refractivity contribution in [3.05, 3.63) is 94.4 Å². The van der Waals surface area contributed by atoms with E-state index in [0.717, 1.165) is 11.8 Å². The average Bonchev–Trinajstić information content (AvgIpc) is 3.30. The molecule has 0 atom stereocenters. The minimum Gasteiger partial charge on any atom is -0.405 e. The van der Waals surface area contributed by atoms with Crippen molar-refractivity contribution < 1.29 is 19.0 Å². The lowest BCUT2D eigenvalue weighted by Gasteiger charge is -2.19. The van der Waals surface area contributed by atoms with E-state index in [2.05, 4.69) is 41.3 Å². The Labute approximate surface area is 227 Å². The number of halogens is 1. The number of rotatable bonds is 6. The monoisotopic (exact) mass is 543 g/mol. The molecule has 2 aromatic carbocycles. The molecule has 0 saturated heterocycles. The first-order valence-corrected chi connectivity index (χ1v) is 12.3. The van der Waals surface area contributed by atoms with Crippen LogP contribution < -0.4 is 21.3 Å². The number of aliphatic hydroxyl groups is 1. The summed E-state index contributed by atoms with van der Waals surface area (Å²) in [4.78, 5) is 28.9. The molecule has 204 valence electrons. The lowest BCUT2D eigenvalue weighted by Crippen LogP contribution is -2.23. The number of nitrogens with one attached hydrogen (secondary N) is 1. The number of nitrogens with zero attached hydrogens (tertiary/aromatic N) is 5. The Morgan fingerprint density at radius 3 is 2.58 bits per heavy atom. The Bertz CT molecular complexity index is 1790. The molecule has 11 nitrogen and oxygen atoms in total. The van der Waals surface area contributed by atoms with Crippen molar-refractivity contribution in [1.29, 1.82) is 0 Å². The zero-order chi connectivity index (χ0) is 28.6. The Morgan fingerprint density at radius 1 is 1.12 bits per heavy atom. The molecule has 5 rings (SSSR count). The molecule has 5 aromatic rings. The lowest BCUT2D eigenvalue weighted by molar-refractivity contribution is 0.211. The standard InChI is InChI=1S/C28H26FN7O4/c1-28(2,3)17-7-9-19-16(11-17)12-32-36(26(19)38)22-6-4-5-21(20(22)15-37)35-14-23(40-27(30)39)25(34-35)33-24-10-8-18(29)13-31-24/h4-14,37H,15H2,1-3H3,(H2,30,39)(H,31,33,34). The summed E-state index contributed by atoms with van der Waals surface area (Å²) >= 11 is 0. The maximum absolute atomic E-state index is 13.5. The van der Waals surface area contributed by atoms with Gasteiger partial charge in [-0.3, -0.25) is 4.79 Å². The smallest absolute Gasteiger partial charge is 0.405 e. The Hall–Kier alpha value is -5.10. The molecule has 3 heterocycles. The van der Waals surface area contributed by atoms with Crippen molar-refractivity contribution in [3.63, 3.8) is 0 Å². The second kappa shape index (κ2) is 10.2. The Kier molecular flexibility index (Phi) is 6.78. The number of amides is 1. The number of pyridine rings is 1. The van der Waals surface area contributed by atoms with E-state index in [-0.39, 0.29) is 28.4 Å². The number of anilines is 2. The van der Waals surface area contributed by atoms with Gasteiger partial charge in [0.1, 0.15) is 11.6 Å². The van der Waals surface area contributed by atoms with E-state index in [4.69, 9.17) is 10.5 Å². The fourth-order valence-electron chi connectivity index (χ4n) is 4.25. The fourth-order valence-corrected chi connectivity index (χ4v) is 4.25. The van der Waals surface area contributed by atoms with Gasteiger partial charge in [-0.2, -0.15) is 9.78 Å². The number of aromatic nitrogens is 5. The van der Waals surface area contributed by atoms with Gasteiger partial charge in [-0.25, -0.2) is 18.9 Å². The van der Waals surface area contributed by atoms with E-state index in [1.165, 1.54) is 27.7 Å². The molecule has 40 heavy (non-hydrogen) atoms. The third-order valence-electron chi connectivity index (χ3n) is 6.28. The normalized spacial score (nSPS) is 11.5. The number of fused-ring (bicyclic) bond motifs is 1. The van der Waals surface area contributed by atoms with E-state index >= 15 is 0 Å². The van der Waals surface area contributed by atoms with Crippen LogP contribution in [0.5, 0.6) is 5.75 Å². The largest absolute Gasteiger partial charge is 0.410 e. The SMILES string of the molecule is CC(C)(C)c1ccc2c(=O)n(-c3cccc(-n4cc(OC(N)=O)c(Nc5ccc(F)cn5)n4)c3CO)ncc2c1. The number of carbonyl (C=O) groups is 1. The highest BCUT2D eigenvalue weighted by Crippen LogP contribution is 2.30. The number of nitrogens with two attached hydrogens (primary N) is 1. The van der Waals surface area contributed by atoms with Gasteiger partial charge in [-0.1, -0.05) is 32.9 Å². The van der Waals surface area contributed by atoms with E-state index < -0.39 is 18.5 Å². The summed E-state index contributed by atoms with van der Waals surface area (Å²) in [7, 11) is 0. The molecule has 3 aromatic heterocycles. The summed E-state index contributed by atoms with van der Waals surface area (Å²) in [6.07, 6.45) is 2.93. The summed E-state index contributed by atoms with van der Waals surface area (Å²) in [6.45, 7) is 5.81. The molecule has 0 bridgehead atoms. The first-order valence-electron chi connectivity index (χ1n) is 12.3. The van der Waals surface area contributed by atoms with Crippen LogP contribution in [0.15, 0.2) is 71.9 Å². The van der Waals surface area contributed by atoms with Crippen molar-refractivity contribution in [2.45, 2.75) is 32.8 Å². The second-order valence-corrected chi connectivity index (χ2v) is 10.0. The molecule has 4 N–H and O–H groups in total. The van der Waals surface area contributed by atoms with Gasteiger partial charge in [0.25, 0.3) is 5.56 Å². The fraction of sp³-hybridized carbons (Fsp3) is 0.179. The van der Waals surface area contributed by atoms with Gasteiger partial charge in [-0.15, -0.1) is 5.10 Å². The van der Waals surface area contributed by atoms with Gasteiger partial charge in [0.2, 0.25) is 0 Å². The highest BCUT2D eigenvalue weighted by molar-refractivity contribution is 5.82. The van der Waals surface area contributed by atoms with Crippen LogP contribution in [0.25, 0.3) is 22.1 Å². The number of hydrogen-bond donors (Lipinski definition) is 3. The van der Waals surface area contributed by atoms with Crippen molar-refractivity contribution in [3.8, 4) is 17.1 Å². The first kappa shape index (κ1) is 26.5. The van der Waals surface area contributed by atoms with Crippen molar-refractivity contribution in [2.24, 2.45) is 5.73 Å². The first-order chi connectivity index (χ1) is 19.0. The van der Waals surface area contributed by atoms with E-state index in [9.17, 15) is 19.1 Å². The van der Waals surface area contributed by atoms with Crippen molar-refractivity contribution in [2.75, 3.05) is 5.32 Å². The number of hydrogen-bond acceptors (Lipinski definition) is 8. The molecule has 0 aliphatic heterocycles. The number of ether oxygens (including phenoxy) is 1. The molecule has 0 fully saturated rings. The summed E-state index contributed by atoms with van der Waals surface area (Å²) in [5.41, 5.74) is 6.91. The third kappa shape index (κ3) is 5.12. The van der Waals surface area contributed by atoms with Gasteiger partial charge in [-0.05, 0) is 47.4 Å². The molecule has 1 amide bonds. The molecule has 12 heteroatoms. The van der Waals surface area contributed by atoms with Crippen LogP contribution in [0, 0.1) is 5.82 Å². The minimum absolute atomic E-state index is 0.0384. The third-order valence-corrected chi connectivity index (χ3v) is 6.28. The van der Waals surface area contributed by atoms with Crippen LogP contribution in [-0.4, -0.2) is 35.7 Å². The zero-order valence-electron chi connectivity index (χ0n) is 21.9. The molecular weight excluding hydrogens is 517 g/mol. The molecule has 0 aliphatic carbocycles. The summed E-state index contributed by atoms with van der Waals surface area (Å²) in [6, 6.07) is 13.2. The predicted octanol–water partition coefficient (Wildman–Crippen LogP) is 4.10. The number of carbonyl (C=O) groups excluding carboxylic acids is 1. The molecule has 0 saturated carbocycles. The van der Waals surface area contributed by atoms with Gasteiger partial charge in [0, 0.05) is 10.9 Å². The molecule has 0 spiro atoms. The predicted molar refractivity (Wildman–Crippen MR) is 147 cm³/mol. The Morgan fingerprint density at radius 2 is 1.90 bits per heavy atom. The van der Waals surface area contributed by atoms with Crippen molar-refractivity contribution >= 4 is 28.5 Å². The lowest BCUT2D eigenvalue weighted by atomic mass is 9.86. The van der Waals surface area contributed by atoms with Gasteiger partial charge in [0.05, 0.1) is 42.0 Å². The molecular formula is C28H26FN7O4. The van der Waals surface area contributed by atoms with Gasteiger partial charge >= 0.3 is 6.09 Å². The summed E-state index contributed by atoms with van der Waals surface area (Å²) in [5, 5.41) is 23.2. The van der Waals surface area contributed by atoms with Gasteiger partial charge < -0.3 is 20.9 Å². The molecule has 0 unspecified atom stereocenters. The highest BCUT2D eigenvalue weighted by Gasteiger charge is 2.20. The van der Waals surface area contributed by atoms with Crippen LogP contribution in [0.4, 0.5) is 20.8 Å². The van der Waals surface area contributed by atoms with Crippen LogP contribution in [0.2, 0.25) is 0 Å². The minimum atomic E-state index is -1.08. The van der Waals surface area contributed by atoms with Crippen LogP contribution in [-0.2, 0) is 12.0 Å². The quantitative estimate of drug-likeness (QED) is 0.290. The number of aliphatic hydroxyl groups excluding tert-OH is 1. The maximum Gasteiger partial charge on any atom is 0.410 e. The second-order valence-electron chi connectivity index (χ2n) is 10.0. The zero-order valence-corrected chi connectivity index (χ0v) is 21.9. The van der Waals surface area contributed by atoms with Crippen LogP contribution >= 0.6 is 0 Å². The van der Waals surface area contributed by atoms with Crippen molar-refractivity contribution in [1.82, 2.24) is 24.5 Å². The average molecular weight is 544 g/mol. The van der Waals surface area contributed by atoms with Crippen LogP contribution in [0.1, 0.15) is 31.9 Å². The van der Waals surface area contributed by atoms with Crippen LogP contribution in [0.3, 0.4) is 0 Å². The maximum atomic E-state index is 13.5. The summed E-state index contributed by atoms with van der Waals surface area (Å²) in [5.74, 6) is -0.272. The Balaban J connectivity index is 1.60. The highest BCUT2D eigenvalue weighted by atomic mass is 19.1. The van der Waals surface area contributed by atoms with E-state index in [0.29, 0.717) is 27.7 Å².